The molecule has 4 aromatic rings. The Balaban J connectivity index is 1.36. The van der Waals surface area contributed by atoms with E-state index in [-0.39, 0.29) is 17.6 Å². The smallest absolute Gasteiger partial charge is 0.253 e. The molecule has 1 atom stereocenters. The van der Waals surface area contributed by atoms with Crippen molar-refractivity contribution in [2.45, 2.75) is 18.8 Å². The van der Waals surface area contributed by atoms with Crippen molar-refractivity contribution in [3.05, 3.63) is 84.1 Å². The number of rotatable bonds is 3. The van der Waals surface area contributed by atoms with Crippen LogP contribution in [0.2, 0.25) is 0 Å². The first-order chi connectivity index (χ1) is 14.7. The zero-order valence-corrected chi connectivity index (χ0v) is 16.4. The van der Waals surface area contributed by atoms with Crippen molar-refractivity contribution in [3.63, 3.8) is 0 Å². The molecule has 0 radical (unpaired) electrons. The summed E-state index contributed by atoms with van der Waals surface area (Å²) >= 11 is 0. The predicted octanol–water partition coefficient (Wildman–Crippen LogP) is 4.78. The van der Waals surface area contributed by atoms with Gasteiger partial charge in [0.15, 0.2) is 0 Å². The number of likely N-dealkylation sites (tertiary alicyclic amines) is 1. The Morgan fingerprint density at radius 3 is 2.83 bits per heavy atom. The molecule has 1 amide bonds. The zero-order chi connectivity index (χ0) is 20.5. The number of aromatic amines is 1. The van der Waals surface area contributed by atoms with Crippen LogP contribution < -0.4 is 0 Å². The Kier molecular flexibility index (Phi) is 4.75. The first-order valence-corrected chi connectivity index (χ1v) is 10.1. The molecule has 1 aliphatic rings. The fourth-order valence-electron chi connectivity index (χ4n) is 4.11. The molecule has 5 rings (SSSR count). The number of pyridine rings is 1. The minimum atomic E-state index is -0.260. The van der Waals surface area contributed by atoms with Crippen LogP contribution in [-0.2, 0) is 0 Å². The number of piperidine rings is 1. The van der Waals surface area contributed by atoms with Gasteiger partial charge in [0.2, 0.25) is 0 Å². The van der Waals surface area contributed by atoms with Crippen molar-refractivity contribution in [1.29, 1.82) is 0 Å². The van der Waals surface area contributed by atoms with E-state index in [0.717, 1.165) is 47.4 Å². The molecular formula is C24H21FN4O. The minimum absolute atomic E-state index is 0.0332. The van der Waals surface area contributed by atoms with Crippen LogP contribution >= 0.6 is 0 Å². The Hall–Kier alpha value is -3.54. The summed E-state index contributed by atoms with van der Waals surface area (Å²) in [5, 5.41) is 0. The summed E-state index contributed by atoms with van der Waals surface area (Å²) in [7, 11) is 0. The summed E-state index contributed by atoms with van der Waals surface area (Å²) in [5.74, 6) is -0.0467. The lowest BCUT2D eigenvalue weighted by Crippen LogP contribution is -2.39. The highest BCUT2D eigenvalue weighted by Gasteiger charge is 2.26. The molecule has 0 saturated carbocycles. The van der Waals surface area contributed by atoms with E-state index in [2.05, 4.69) is 9.97 Å². The molecule has 2 aromatic heterocycles. The van der Waals surface area contributed by atoms with Gasteiger partial charge in [0, 0.05) is 35.8 Å². The van der Waals surface area contributed by atoms with E-state index in [1.807, 2.05) is 41.3 Å². The molecule has 0 unspecified atom stereocenters. The summed E-state index contributed by atoms with van der Waals surface area (Å²) in [6.07, 6.45) is 3.56. The second kappa shape index (κ2) is 7.71. The Morgan fingerprint density at radius 1 is 1.10 bits per heavy atom. The van der Waals surface area contributed by atoms with Gasteiger partial charge in [0.05, 0.1) is 23.1 Å². The monoisotopic (exact) mass is 400 g/mol. The van der Waals surface area contributed by atoms with Crippen LogP contribution in [0.1, 0.15) is 34.8 Å². The number of nitrogens with one attached hydrogen (secondary N) is 1. The summed E-state index contributed by atoms with van der Waals surface area (Å²) in [6.45, 7) is 1.38. The number of carbonyl (C=O) groups is 1. The first-order valence-electron chi connectivity index (χ1n) is 10.1. The highest BCUT2D eigenvalue weighted by atomic mass is 19.1. The van der Waals surface area contributed by atoms with Crippen LogP contribution in [0.4, 0.5) is 4.39 Å². The molecule has 0 spiro atoms. The van der Waals surface area contributed by atoms with E-state index in [4.69, 9.17) is 4.98 Å². The van der Waals surface area contributed by atoms with Crippen molar-refractivity contribution in [2.75, 3.05) is 13.1 Å². The highest BCUT2D eigenvalue weighted by molar-refractivity contribution is 5.97. The van der Waals surface area contributed by atoms with Crippen molar-refractivity contribution in [2.24, 2.45) is 0 Å². The van der Waals surface area contributed by atoms with Gasteiger partial charge in [0.1, 0.15) is 5.82 Å². The van der Waals surface area contributed by atoms with Crippen LogP contribution in [0.15, 0.2) is 67.0 Å². The third-order valence-electron chi connectivity index (χ3n) is 5.70. The number of halogens is 1. The predicted molar refractivity (Wildman–Crippen MR) is 114 cm³/mol. The van der Waals surface area contributed by atoms with Crippen LogP contribution in [-0.4, -0.2) is 38.8 Å². The quantitative estimate of drug-likeness (QED) is 0.538. The minimum Gasteiger partial charge on any atom is -0.345 e. The molecule has 5 nitrogen and oxygen atoms in total. The number of aromatic nitrogens is 3. The third kappa shape index (κ3) is 3.56. The number of hydrogen-bond donors (Lipinski definition) is 1. The molecule has 150 valence electrons. The zero-order valence-electron chi connectivity index (χ0n) is 16.4. The largest absolute Gasteiger partial charge is 0.345 e. The summed E-state index contributed by atoms with van der Waals surface area (Å²) < 4.78 is 13.2. The number of nitrogens with zero attached hydrogens (tertiary/aromatic N) is 3. The second-order valence-electron chi connectivity index (χ2n) is 7.68. The molecule has 2 aromatic carbocycles. The van der Waals surface area contributed by atoms with E-state index in [0.29, 0.717) is 12.1 Å². The Morgan fingerprint density at radius 2 is 1.97 bits per heavy atom. The molecular weight excluding hydrogens is 379 g/mol. The second-order valence-corrected chi connectivity index (χ2v) is 7.68. The molecule has 0 bridgehead atoms. The SMILES string of the molecule is O=C(c1ccc2nc[nH]c2c1)N1CCC[C@@H](c2cccc(-c3ccc(F)cc3)n2)C1. The van der Waals surface area contributed by atoms with Gasteiger partial charge in [0.25, 0.3) is 5.91 Å². The maximum Gasteiger partial charge on any atom is 0.253 e. The lowest BCUT2D eigenvalue weighted by atomic mass is 9.93. The molecule has 1 aliphatic heterocycles. The normalized spacial score (nSPS) is 16.7. The molecule has 3 heterocycles. The number of H-pyrrole nitrogens is 1. The van der Waals surface area contributed by atoms with Crippen LogP contribution in [0, 0.1) is 5.82 Å². The van der Waals surface area contributed by atoms with Gasteiger partial charge in [-0.3, -0.25) is 9.78 Å². The topological polar surface area (TPSA) is 61.9 Å². The molecule has 1 saturated heterocycles. The maximum atomic E-state index is 13.2. The van der Waals surface area contributed by atoms with Crippen LogP contribution in [0.3, 0.4) is 0 Å². The fourth-order valence-corrected chi connectivity index (χ4v) is 4.11. The van der Waals surface area contributed by atoms with Gasteiger partial charge in [-0.2, -0.15) is 0 Å². The summed E-state index contributed by atoms with van der Waals surface area (Å²) in [4.78, 5) is 27.1. The van der Waals surface area contributed by atoms with Gasteiger partial charge >= 0.3 is 0 Å². The maximum absolute atomic E-state index is 13.2. The van der Waals surface area contributed by atoms with Gasteiger partial charge < -0.3 is 9.88 Å². The summed E-state index contributed by atoms with van der Waals surface area (Å²) in [5.41, 5.74) is 5.06. The summed E-state index contributed by atoms with van der Waals surface area (Å²) in [6, 6.07) is 17.9. The first kappa shape index (κ1) is 18.5. The van der Waals surface area contributed by atoms with Gasteiger partial charge in [-0.15, -0.1) is 0 Å². The fraction of sp³-hybridized carbons (Fsp3) is 0.208. The van der Waals surface area contributed by atoms with E-state index in [1.54, 1.807) is 18.5 Å². The molecule has 30 heavy (non-hydrogen) atoms. The van der Waals surface area contributed by atoms with Crippen molar-refractivity contribution in [3.8, 4) is 11.3 Å². The lowest BCUT2D eigenvalue weighted by molar-refractivity contribution is 0.0706. The number of fused-ring (bicyclic) bond motifs is 1. The number of imidazole rings is 1. The van der Waals surface area contributed by atoms with Crippen molar-refractivity contribution < 1.29 is 9.18 Å². The van der Waals surface area contributed by atoms with E-state index in [1.165, 1.54) is 12.1 Å². The molecule has 1 N–H and O–H groups in total. The standard InChI is InChI=1S/C24H21FN4O/c25-19-9-6-16(7-10-19)20-4-1-5-21(28-20)18-3-2-12-29(14-18)24(30)17-8-11-22-23(13-17)27-15-26-22/h1,4-11,13,15,18H,2-3,12,14H2,(H,26,27)/t18-/m1/s1. The van der Waals surface area contributed by atoms with Gasteiger partial charge in [-0.25, -0.2) is 9.37 Å². The highest BCUT2D eigenvalue weighted by Crippen LogP contribution is 2.29. The molecule has 1 fully saturated rings. The number of benzene rings is 2. The van der Waals surface area contributed by atoms with Crippen LogP contribution in [0.5, 0.6) is 0 Å². The van der Waals surface area contributed by atoms with Crippen LogP contribution in [0.25, 0.3) is 22.3 Å². The van der Waals surface area contributed by atoms with Crippen molar-refractivity contribution in [1.82, 2.24) is 19.9 Å². The van der Waals surface area contributed by atoms with Gasteiger partial charge in [-0.05, 0) is 67.4 Å². The molecule has 6 heteroatoms. The number of amides is 1. The van der Waals surface area contributed by atoms with Crippen molar-refractivity contribution >= 4 is 16.9 Å². The average molecular weight is 400 g/mol. The van der Waals surface area contributed by atoms with E-state index < -0.39 is 0 Å². The van der Waals surface area contributed by atoms with E-state index in [9.17, 15) is 9.18 Å². The Bertz CT molecular complexity index is 1200. The average Bonchev–Trinajstić information content (AvgIpc) is 3.27. The van der Waals surface area contributed by atoms with E-state index >= 15 is 0 Å². The number of hydrogen-bond acceptors (Lipinski definition) is 3. The Labute approximate surface area is 173 Å². The van der Waals surface area contributed by atoms with Gasteiger partial charge in [-0.1, -0.05) is 6.07 Å². The molecule has 0 aliphatic carbocycles. The lowest BCUT2D eigenvalue weighted by Gasteiger charge is -2.32. The third-order valence-corrected chi connectivity index (χ3v) is 5.70. The number of carbonyl (C=O) groups excluding carboxylic acids is 1.